The fourth-order valence-corrected chi connectivity index (χ4v) is 13.0. The Morgan fingerprint density at radius 2 is 0.531 bits per heavy atom. The van der Waals surface area contributed by atoms with E-state index in [1.807, 2.05) is 0 Å². The summed E-state index contributed by atoms with van der Waals surface area (Å²) in [6.45, 7) is 0. The molecule has 0 radical (unpaired) electrons. The molecular weight excluding hydrogens is 605 g/mol. The standard InChI is InChI=1S/C48H34Si/c1-3-13-35(14-4-1)39-17-11-19-41(33-39)37-25-29-43(30-26-37)49(47-23-9-7-21-45(47)46-22-8-10-24-48(46)49)44-31-27-38(28-32-44)42-20-12-18-40(34-42)36-15-5-2-6-16-36/h1-34H. The van der Waals surface area contributed by atoms with Gasteiger partial charge in [0.15, 0.2) is 8.07 Å². The zero-order valence-electron chi connectivity index (χ0n) is 27.1. The van der Waals surface area contributed by atoms with Gasteiger partial charge in [-0.25, -0.2) is 0 Å². The molecule has 230 valence electrons. The van der Waals surface area contributed by atoms with Gasteiger partial charge in [-0.2, -0.15) is 0 Å². The zero-order valence-corrected chi connectivity index (χ0v) is 28.1. The predicted molar refractivity (Wildman–Crippen MR) is 211 cm³/mol. The summed E-state index contributed by atoms with van der Waals surface area (Å²) in [4.78, 5) is 0. The molecule has 0 nitrogen and oxygen atoms in total. The maximum Gasteiger partial charge on any atom is 0.180 e. The normalized spacial score (nSPS) is 12.7. The van der Waals surface area contributed by atoms with E-state index >= 15 is 0 Å². The van der Waals surface area contributed by atoms with Crippen LogP contribution in [0.4, 0.5) is 0 Å². The van der Waals surface area contributed by atoms with Gasteiger partial charge in [0.25, 0.3) is 0 Å². The molecule has 0 aliphatic carbocycles. The van der Waals surface area contributed by atoms with Crippen molar-refractivity contribution in [1.29, 1.82) is 0 Å². The molecule has 1 heterocycles. The topological polar surface area (TPSA) is 0 Å². The first-order valence-corrected chi connectivity index (χ1v) is 19.0. The van der Waals surface area contributed by atoms with Crippen molar-refractivity contribution < 1.29 is 0 Å². The SMILES string of the molecule is c1ccc(-c2cccc(-c3ccc([Si]4(c5ccc(-c6cccc(-c7ccccc7)c6)cc5)c5ccccc5-c5ccccc54)cc3)c2)cc1. The predicted octanol–water partition coefficient (Wildman–Crippen LogP) is 9.71. The van der Waals surface area contributed by atoms with Gasteiger partial charge >= 0.3 is 0 Å². The molecule has 0 bridgehead atoms. The second-order valence-corrected chi connectivity index (χ2v) is 16.6. The molecule has 0 aromatic heterocycles. The molecule has 1 aliphatic rings. The molecule has 0 saturated carbocycles. The van der Waals surface area contributed by atoms with Gasteiger partial charge in [0.2, 0.25) is 0 Å². The minimum absolute atomic E-state index is 1.23. The molecule has 0 saturated heterocycles. The summed E-state index contributed by atoms with van der Waals surface area (Å²) in [5.41, 5.74) is 12.6. The minimum Gasteiger partial charge on any atom is -0.0623 e. The minimum atomic E-state index is -2.60. The zero-order chi connectivity index (χ0) is 32.6. The monoisotopic (exact) mass is 638 g/mol. The van der Waals surface area contributed by atoms with Crippen LogP contribution < -0.4 is 20.7 Å². The van der Waals surface area contributed by atoms with E-state index in [4.69, 9.17) is 0 Å². The van der Waals surface area contributed by atoms with Crippen LogP contribution in [-0.2, 0) is 0 Å². The molecule has 0 spiro atoms. The summed E-state index contributed by atoms with van der Waals surface area (Å²) < 4.78 is 0. The van der Waals surface area contributed by atoms with Gasteiger partial charge in [-0.1, -0.05) is 194 Å². The van der Waals surface area contributed by atoms with Crippen LogP contribution in [0.1, 0.15) is 0 Å². The van der Waals surface area contributed by atoms with Crippen molar-refractivity contribution in [2.75, 3.05) is 0 Å². The highest BCUT2D eigenvalue weighted by Crippen LogP contribution is 2.31. The Kier molecular flexibility index (Phi) is 7.26. The highest BCUT2D eigenvalue weighted by Gasteiger charge is 2.48. The van der Waals surface area contributed by atoms with Gasteiger partial charge in [-0.15, -0.1) is 0 Å². The summed E-state index contributed by atoms with van der Waals surface area (Å²) in [6, 6.07) is 76.3. The quantitative estimate of drug-likeness (QED) is 0.159. The van der Waals surface area contributed by atoms with Gasteiger partial charge in [0.05, 0.1) is 0 Å². The van der Waals surface area contributed by atoms with Crippen molar-refractivity contribution in [3.63, 3.8) is 0 Å². The Labute approximate surface area is 289 Å². The third-order valence-electron chi connectivity index (χ3n) is 10.2. The fourth-order valence-electron chi connectivity index (χ4n) is 7.87. The summed E-state index contributed by atoms with van der Waals surface area (Å²) in [5, 5.41) is 5.75. The van der Waals surface area contributed by atoms with Crippen molar-refractivity contribution >= 4 is 28.8 Å². The summed E-state index contributed by atoms with van der Waals surface area (Å²) in [5.74, 6) is 0. The molecule has 8 aromatic rings. The molecule has 0 N–H and O–H groups in total. The van der Waals surface area contributed by atoms with Crippen LogP contribution in [-0.4, -0.2) is 8.07 Å². The molecule has 49 heavy (non-hydrogen) atoms. The van der Waals surface area contributed by atoms with E-state index in [2.05, 4.69) is 206 Å². The Hall–Kier alpha value is -6.02. The van der Waals surface area contributed by atoms with Crippen LogP contribution in [0.5, 0.6) is 0 Å². The molecule has 8 aromatic carbocycles. The van der Waals surface area contributed by atoms with Crippen molar-refractivity contribution in [2.24, 2.45) is 0 Å². The first-order valence-electron chi connectivity index (χ1n) is 17.0. The van der Waals surface area contributed by atoms with E-state index in [0.29, 0.717) is 0 Å². The lowest BCUT2D eigenvalue weighted by atomic mass is 9.99. The molecule has 0 unspecified atom stereocenters. The number of rotatable bonds is 6. The van der Waals surface area contributed by atoms with Gasteiger partial charge in [-0.05, 0) is 88.5 Å². The van der Waals surface area contributed by atoms with E-state index in [1.54, 1.807) is 0 Å². The number of hydrogen-bond donors (Lipinski definition) is 0. The van der Waals surface area contributed by atoms with E-state index < -0.39 is 8.07 Å². The van der Waals surface area contributed by atoms with Gasteiger partial charge < -0.3 is 0 Å². The first-order chi connectivity index (χ1) is 24.3. The average molecular weight is 639 g/mol. The van der Waals surface area contributed by atoms with E-state index in [0.717, 1.165) is 0 Å². The van der Waals surface area contributed by atoms with Crippen LogP contribution in [0, 0.1) is 0 Å². The lowest BCUT2D eigenvalue weighted by Crippen LogP contribution is -2.72. The van der Waals surface area contributed by atoms with Crippen molar-refractivity contribution in [3.8, 4) is 55.6 Å². The maximum atomic E-state index is 2.41. The Morgan fingerprint density at radius 3 is 0.918 bits per heavy atom. The lowest BCUT2D eigenvalue weighted by molar-refractivity contribution is 1.59. The van der Waals surface area contributed by atoms with Crippen molar-refractivity contribution in [2.45, 2.75) is 0 Å². The second kappa shape index (κ2) is 12.2. The molecule has 9 rings (SSSR count). The Bertz CT molecular complexity index is 2230. The summed E-state index contributed by atoms with van der Waals surface area (Å²) in [7, 11) is -2.60. The summed E-state index contributed by atoms with van der Waals surface area (Å²) >= 11 is 0. The van der Waals surface area contributed by atoms with Gasteiger partial charge in [0, 0.05) is 0 Å². The number of fused-ring (bicyclic) bond motifs is 3. The van der Waals surface area contributed by atoms with Crippen LogP contribution in [0.3, 0.4) is 0 Å². The van der Waals surface area contributed by atoms with E-state index in [9.17, 15) is 0 Å². The fraction of sp³-hybridized carbons (Fsp3) is 0. The largest absolute Gasteiger partial charge is 0.180 e. The Balaban J connectivity index is 1.17. The van der Waals surface area contributed by atoms with Crippen LogP contribution >= 0.6 is 0 Å². The molecule has 0 atom stereocenters. The van der Waals surface area contributed by atoms with Gasteiger partial charge in [-0.3, -0.25) is 0 Å². The van der Waals surface area contributed by atoms with Crippen molar-refractivity contribution in [3.05, 3.63) is 206 Å². The maximum absolute atomic E-state index is 2.60. The molecule has 0 fully saturated rings. The Morgan fingerprint density at radius 1 is 0.224 bits per heavy atom. The highest BCUT2D eigenvalue weighted by molar-refractivity contribution is 7.22. The average Bonchev–Trinajstić information content (AvgIpc) is 3.50. The third-order valence-corrected chi connectivity index (χ3v) is 15.1. The lowest BCUT2D eigenvalue weighted by Gasteiger charge is -2.31. The second-order valence-electron chi connectivity index (χ2n) is 12.9. The van der Waals surface area contributed by atoms with E-state index in [1.165, 1.54) is 76.4 Å². The van der Waals surface area contributed by atoms with Crippen LogP contribution in [0.2, 0.25) is 0 Å². The number of hydrogen-bond acceptors (Lipinski definition) is 0. The number of benzene rings is 8. The van der Waals surface area contributed by atoms with Gasteiger partial charge in [0.1, 0.15) is 0 Å². The first kappa shape index (κ1) is 29.1. The molecule has 1 aliphatic heterocycles. The van der Waals surface area contributed by atoms with Crippen LogP contribution in [0.15, 0.2) is 206 Å². The third kappa shape index (κ3) is 4.99. The molecule has 0 amide bonds. The van der Waals surface area contributed by atoms with E-state index in [-0.39, 0.29) is 0 Å². The molecule has 1 heteroatoms. The van der Waals surface area contributed by atoms with Crippen molar-refractivity contribution in [1.82, 2.24) is 0 Å². The summed E-state index contributed by atoms with van der Waals surface area (Å²) in [6.07, 6.45) is 0. The molecular formula is C48H34Si. The smallest absolute Gasteiger partial charge is 0.0623 e. The highest BCUT2D eigenvalue weighted by atomic mass is 28.3. The van der Waals surface area contributed by atoms with Crippen LogP contribution in [0.25, 0.3) is 55.6 Å².